The lowest BCUT2D eigenvalue weighted by atomic mass is 10.0. The molecular weight excluding hydrogens is 260 g/mol. The lowest BCUT2D eigenvalue weighted by molar-refractivity contribution is -0.121. The van der Waals surface area contributed by atoms with Crippen LogP contribution < -0.4 is 10.6 Å². The molecule has 1 saturated heterocycles. The molecule has 106 valence electrons. The van der Waals surface area contributed by atoms with E-state index in [2.05, 4.69) is 42.7 Å². The van der Waals surface area contributed by atoms with Gasteiger partial charge in [0.25, 0.3) is 0 Å². The maximum Gasteiger partial charge on any atom is 0.220 e. The quantitative estimate of drug-likeness (QED) is 0.867. The fourth-order valence-corrected chi connectivity index (χ4v) is 2.21. The van der Waals surface area contributed by atoms with Gasteiger partial charge in [0.15, 0.2) is 0 Å². The molecule has 0 aromatic heterocycles. The highest BCUT2D eigenvalue weighted by molar-refractivity contribution is 5.85. The van der Waals surface area contributed by atoms with Gasteiger partial charge in [-0.2, -0.15) is 0 Å². The maximum absolute atomic E-state index is 11.7. The van der Waals surface area contributed by atoms with Crippen molar-refractivity contribution in [2.24, 2.45) is 5.92 Å². The summed E-state index contributed by atoms with van der Waals surface area (Å²) in [5, 5.41) is 6.21. The van der Waals surface area contributed by atoms with Crippen LogP contribution in [0.4, 0.5) is 0 Å². The van der Waals surface area contributed by atoms with E-state index in [4.69, 9.17) is 0 Å². The molecule has 1 aromatic carbocycles. The molecule has 1 heterocycles. The first kappa shape index (κ1) is 16.0. The molecule has 1 fully saturated rings. The average molecular weight is 283 g/mol. The van der Waals surface area contributed by atoms with Crippen molar-refractivity contribution in [1.29, 1.82) is 0 Å². The molecule has 3 nitrogen and oxygen atoms in total. The Labute approximate surface area is 121 Å². The molecule has 0 bridgehead atoms. The summed E-state index contributed by atoms with van der Waals surface area (Å²) in [5.41, 5.74) is 3.84. The predicted molar refractivity (Wildman–Crippen MR) is 80.9 cm³/mol. The number of nitrogens with one attached hydrogen (secondary N) is 2. The number of hydrogen-bond acceptors (Lipinski definition) is 2. The number of hydrogen-bond donors (Lipinski definition) is 2. The molecule has 0 spiro atoms. The fourth-order valence-electron chi connectivity index (χ4n) is 2.21. The van der Waals surface area contributed by atoms with E-state index in [0.29, 0.717) is 12.3 Å². The lowest BCUT2D eigenvalue weighted by Crippen LogP contribution is -2.48. The van der Waals surface area contributed by atoms with E-state index in [1.807, 2.05) is 0 Å². The highest BCUT2D eigenvalue weighted by atomic mass is 35.5. The summed E-state index contributed by atoms with van der Waals surface area (Å²) in [6, 6.07) is 6.42. The van der Waals surface area contributed by atoms with Gasteiger partial charge in [0, 0.05) is 32.0 Å². The Kier molecular flexibility index (Phi) is 6.32. The molecule has 1 amide bonds. The van der Waals surface area contributed by atoms with E-state index < -0.39 is 0 Å². The van der Waals surface area contributed by atoms with Gasteiger partial charge in [-0.05, 0) is 31.4 Å². The second kappa shape index (κ2) is 7.51. The summed E-state index contributed by atoms with van der Waals surface area (Å²) in [5.74, 6) is 0.803. The Balaban J connectivity index is 0.00000180. The summed E-state index contributed by atoms with van der Waals surface area (Å²) < 4.78 is 0. The number of rotatable bonds is 5. The molecule has 1 aromatic rings. The minimum absolute atomic E-state index is 0. The van der Waals surface area contributed by atoms with Crippen LogP contribution in [-0.4, -0.2) is 25.5 Å². The molecular formula is C15H23ClN2O. The average Bonchev–Trinajstić information content (AvgIpc) is 2.25. The smallest absolute Gasteiger partial charge is 0.220 e. The summed E-state index contributed by atoms with van der Waals surface area (Å²) >= 11 is 0. The summed E-state index contributed by atoms with van der Waals surface area (Å²) in [4.78, 5) is 11.7. The van der Waals surface area contributed by atoms with Gasteiger partial charge in [-0.3, -0.25) is 4.79 Å². The van der Waals surface area contributed by atoms with Gasteiger partial charge in [-0.1, -0.05) is 23.8 Å². The first-order chi connectivity index (χ1) is 8.65. The molecule has 0 radical (unpaired) electrons. The molecule has 4 heteroatoms. The van der Waals surface area contributed by atoms with Crippen molar-refractivity contribution < 1.29 is 4.79 Å². The van der Waals surface area contributed by atoms with Gasteiger partial charge in [0.1, 0.15) is 0 Å². The van der Waals surface area contributed by atoms with Crippen molar-refractivity contribution in [1.82, 2.24) is 10.6 Å². The molecule has 0 unspecified atom stereocenters. The van der Waals surface area contributed by atoms with Crippen LogP contribution in [0.3, 0.4) is 0 Å². The van der Waals surface area contributed by atoms with Crippen LogP contribution in [0, 0.1) is 19.8 Å². The molecule has 0 aliphatic carbocycles. The second-order valence-corrected chi connectivity index (χ2v) is 5.26. The second-order valence-electron chi connectivity index (χ2n) is 5.26. The number of amides is 1. The van der Waals surface area contributed by atoms with Crippen molar-refractivity contribution in [3.8, 4) is 0 Å². The zero-order valence-corrected chi connectivity index (χ0v) is 12.5. The highest BCUT2D eigenvalue weighted by Crippen LogP contribution is 2.12. The van der Waals surface area contributed by atoms with Crippen LogP contribution in [0.5, 0.6) is 0 Å². The Morgan fingerprint density at radius 2 is 2.11 bits per heavy atom. The zero-order valence-electron chi connectivity index (χ0n) is 11.7. The van der Waals surface area contributed by atoms with Gasteiger partial charge in [-0.25, -0.2) is 0 Å². The van der Waals surface area contributed by atoms with Crippen molar-refractivity contribution in [2.45, 2.75) is 26.7 Å². The molecule has 2 N–H and O–H groups in total. The van der Waals surface area contributed by atoms with Crippen LogP contribution >= 0.6 is 12.4 Å². The lowest BCUT2D eigenvalue weighted by Gasteiger charge is -2.27. The first-order valence-corrected chi connectivity index (χ1v) is 6.68. The predicted octanol–water partition coefficient (Wildman–Crippen LogP) is 1.99. The molecule has 0 saturated carbocycles. The minimum Gasteiger partial charge on any atom is -0.356 e. The van der Waals surface area contributed by atoms with E-state index in [1.165, 1.54) is 16.7 Å². The van der Waals surface area contributed by atoms with Gasteiger partial charge in [-0.15, -0.1) is 12.4 Å². The van der Waals surface area contributed by atoms with Crippen molar-refractivity contribution in [3.63, 3.8) is 0 Å². The van der Waals surface area contributed by atoms with Gasteiger partial charge in [0.2, 0.25) is 5.91 Å². The monoisotopic (exact) mass is 282 g/mol. The minimum atomic E-state index is 0. The van der Waals surface area contributed by atoms with Gasteiger partial charge >= 0.3 is 0 Å². The van der Waals surface area contributed by atoms with Crippen LogP contribution in [-0.2, 0) is 11.2 Å². The van der Waals surface area contributed by atoms with Crippen LogP contribution in [0.15, 0.2) is 18.2 Å². The van der Waals surface area contributed by atoms with E-state index in [0.717, 1.165) is 26.1 Å². The van der Waals surface area contributed by atoms with Gasteiger partial charge in [0.05, 0.1) is 0 Å². The maximum atomic E-state index is 11.7. The van der Waals surface area contributed by atoms with E-state index >= 15 is 0 Å². The fraction of sp³-hybridized carbons (Fsp3) is 0.533. The van der Waals surface area contributed by atoms with Crippen LogP contribution in [0.2, 0.25) is 0 Å². The number of carbonyl (C=O) groups is 1. The standard InChI is InChI=1S/C15H22N2O.ClH/c1-11-3-4-14(12(2)7-11)5-6-15(18)17-10-13-8-16-9-13;/h3-4,7,13,16H,5-6,8-10H2,1-2H3,(H,17,18);1H. The summed E-state index contributed by atoms with van der Waals surface area (Å²) in [7, 11) is 0. The highest BCUT2D eigenvalue weighted by Gasteiger charge is 2.16. The van der Waals surface area contributed by atoms with Crippen molar-refractivity contribution in [3.05, 3.63) is 34.9 Å². The third-order valence-corrected chi connectivity index (χ3v) is 3.57. The van der Waals surface area contributed by atoms with Crippen LogP contribution in [0.1, 0.15) is 23.1 Å². The number of aryl methyl sites for hydroxylation is 3. The summed E-state index contributed by atoms with van der Waals surface area (Å²) in [6.45, 7) is 7.10. The first-order valence-electron chi connectivity index (χ1n) is 6.68. The van der Waals surface area contributed by atoms with Crippen molar-refractivity contribution in [2.75, 3.05) is 19.6 Å². The molecule has 1 aliphatic heterocycles. The SMILES string of the molecule is Cc1ccc(CCC(=O)NCC2CNC2)c(C)c1.Cl. The molecule has 1 aliphatic rings. The number of benzene rings is 1. The van der Waals surface area contributed by atoms with E-state index in [1.54, 1.807) is 0 Å². The Morgan fingerprint density at radius 1 is 1.37 bits per heavy atom. The van der Waals surface area contributed by atoms with Crippen molar-refractivity contribution >= 4 is 18.3 Å². The number of halogens is 1. The third kappa shape index (κ3) is 4.84. The molecule has 2 rings (SSSR count). The Hall–Kier alpha value is -1.06. The topological polar surface area (TPSA) is 41.1 Å². The number of carbonyl (C=O) groups excluding carboxylic acids is 1. The third-order valence-electron chi connectivity index (χ3n) is 3.57. The normalized spacial score (nSPS) is 14.4. The Bertz CT molecular complexity index is 430. The van der Waals surface area contributed by atoms with Crippen LogP contribution in [0.25, 0.3) is 0 Å². The zero-order chi connectivity index (χ0) is 13.0. The largest absolute Gasteiger partial charge is 0.356 e. The molecule has 19 heavy (non-hydrogen) atoms. The summed E-state index contributed by atoms with van der Waals surface area (Å²) in [6.07, 6.45) is 1.42. The van der Waals surface area contributed by atoms with Gasteiger partial charge < -0.3 is 10.6 Å². The van der Waals surface area contributed by atoms with E-state index in [-0.39, 0.29) is 18.3 Å². The Morgan fingerprint density at radius 3 is 2.68 bits per heavy atom. The van der Waals surface area contributed by atoms with E-state index in [9.17, 15) is 4.79 Å². The molecule has 0 atom stereocenters.